The van der Waals surface area contributed by atoms with E-state index in [1.165, 1.54) is 0 Å². The minimum Gasteiger partial charge on any atom is -0.374 e. The summed E-state index contributed by atoms with van der Waals surface area (Å²) in [4.78, 5) is 16.6. The molecule has 0 aromatic carbocycles. The SMILES string of the molecule is CN(C(=O)CN1CCO[C@@H](Cn2cccn2)C1)C1(C#N)CCCCC1. The summed E-state index contributed by atoms with van der Waals surface area (Å²) >= 11 is 0. The van der Waals surface area contributed by atoms with Crippen molar-refractivity contribution < 1.29 is 9.53 Å². The quantitative estimate of drug-likeness (QED) is 0.803. The lowest BCUT2D eigenvalue weighted by Crippen LogP contribution is -2.54. The van der Waals surface area contributed by atoms with Gasteiger partial charge in [0.15, 0.2) is 0 Å². The summed E-state index contributed by atoms with van der Waals surface area (Å²) in [5.41, 5.74) is -0.615. The van der Waals surface area contributed by atoms with Gasteiger partial charge in [0.2, 0.25) is 5.91 Å². The molecule has 2 aliphatic rings. The average Bonchev–Trinajstić information content (AvgIpc) is 3.15. The first-order valence-electron chi connectivity index (χ1n) is 9.12. The molecule has 2 fully saturated rings. The van der Waals surface area contributed by atoms with Gasteiger partial charge in [-0.1, -0.05) is 19.3 Å². The van der Waals surface area contributed by atoms with Crippen molar-refractivity contribution in [1.82, 2.24) is 19.6 Å². The maximum absolute atomic E-state index is 12.8. The Morgan fingerprint density at radius 2 is 2.24 bits per heavy atom. The number of amides is 1. The normalized spacial score (nSPS) is 23.8. The van der Waals surface area contributed by atoms with Gasteiger partial charge in [-0.15, -0.1) is 0 Å². The molecule has 7 heteroatoms. The minimum absolute atomic E-state index is 0.0307. The number of morpholine rings is 1. The number of rotatable bonds is 5. The van der Waals surface area contributed by atoms with Gasteiger partial charge in [-0.25, -0.2) is 0 Å². The molecule has 1 atom stereocenters. The van der Waals surface area contributed by atoms with Crippen molar-refractivity contribution >= 4 is 5.91 Å². The Bertz CT molecular complexity index is 603. The van der Waals surface area contributed by atoms with Gasteiger partial charge in [0.1, 0.15) is 5.54 Å². The van der Waals surface area contributed by atoms with E-state index in [0.717, 1.165) is 38.6 Å². The van der Waals surface area contributed by atoms with E-state index in [1.807, 2.05) is 16.9 Å². The van der Waals surface area contributed by atoms with Gasteiger partial charge in [0.25, 0.3) is 0 Å². The highest BCUT2D eigenvalue weighted by Gasteiger charge is 2.39. The Kier molecular flexibility index (Phi) is 5.71. The summed E-state index contributed by atoms with van der Waals surface area (Å²) in [7, 11) is 1.79. The number of carbonyl (C=O) groups is 1. The van der Waals surface area contributed by atoms with E-state index in [9.17, 15) is 10.1 Å². The summed E-state index contributed by atoms with van der Waals surface area (Å²) < 4.78 is 7.66. The fraction of sp³-hybridized carbons (Fsp3) is 0.722. The summed E-state index contributed by atoms with van der Waals surface area (Å²) in [6.45, 7) is 3.11. The molecule has 0 radical (unpaired) electrons. The molecule has 1 saturated heterocycles. The van der Waals surface area contributed by atoms with Crippen molar-refractivity contribution in [2.45, 2.75) is 50.3 Å². The van der Waals surface area contributed by atoms with Gasteiger partial charge in [-0.3, -0.25) is 14.4 Å². The molecule has 0 unspecified atom stereocenters. The van der Waals surface area contributed by atoms with Crippen LogP contribution in [-0.2, 0) is 16.1 Å². The first-order valence-corrected chi connectivity index (χ1v) is 9.12. The fourth-order valence-corrected chi connectivity index (χ4v) is 3.85. The number of hydrogen-bond acceptors (Lipinski definition) is 5. The van der Waals surface area contributed by atoms with Crippen LogP contribution in [0.15, 0.2) is 18.5 Å². The smallest absolute Gasteiger partial charge is 0.237 e. The van der Waals surface area contributed by atoms with E-state index in [-0.39, 0.29) is 12.0 Å². The van der Waals surface area contributed by atoms with Crippen LogP contribution in [0, 0.1) is 11.3 Å². The van der Waals surface area contributed by atoms with Crippen LogP contribution in [0.5, 0.6) is 0 Å². The lowest BCUT2D eigenvalue weighted by molar-refractivity contribution is -0.138. The van der Waals surface area contributed by atoms with Gasteiger partial charge in [0.05, 0.1) is 31.9 Å². The second-order valence-corrected chi connectivity index (χ2v) is 7.11. The monoisotopic (exact) mass is 345 g/mol. The third-order valence-electron chi connectivity index (χ3n) is 5.44. The van der Waals surface area contributed by atoms with Gasteiger partial charge >= 0.3 is 0 Å². The Balaban J connectivity index is 1.55. The zero-order chi connectivity index (χ0) is 17.7. The average molecular weight is 345 g/mol. The van der Waals surface area contributed by atoms with Crippen LogP contribution in [-0.4, -0.2) is 70.4 Å². The number of aromatic nitrogens is 2. The van der Waals surface area contributed by atoms with Crippen LogP contribution in [0.2, 0.25) is 0 Å². The predicted molar refractivity (Wildman–Crippen MR) is 92.6 cm³/mol. The molecule has 1 saturated carbocycles. The molecule has 2 heterocycles. The van der Waals surface area contributed by atoms with Crippen LogP contribution in [0.3, 0.4) is 0 Å². The third-order valence-corrected chi connectivity index (χ3v) is 5.44. The fourth-order valence-electron chi connectivity index (χ4n) is 3.85. The predicted octanol–water partition coefficient (Wildman–Crippen LogP) is 1.27. The van der Waals surface area contributed by atoms with E-state index in [0.29, 0.717) is 26.2 Å². The molecular weight excluding hydrogens is 318 g/mol. The number of ether oxygens (including phenoxy) is 1. The molecule has 0 N–H and O–H groups in total. The van der Waals surface area contributed by atoms with Crippen molar-refractivity contribution in [2.75, 3.05) is 33.3 Å². The summed E-state index contributed by atoms with van der Waals surface area (Å²) in [6.07, 6.45) is 8.48. The molecule has 25 heavy (non-hydrogen) atoms. The Morgan fingerprint density at radius 1 is 1.44 bits per heavy atom. The van der Waals surface area contributed by atoms with E-state index in [1.54, 1.807) is 18.1 Å². The van der Waals surface area contributed by atoms with Gasteiger partial charge in [0, 0.05) is 32.5 Å². The Morgan fingerprint density at radius 3 is 2.92 bits per heavy atom. The molecular formula is C18H27N5O2. The number of nitriles is 1. The first-order chi connectivity index (χ1) is 12.1. The lowest BCUT2D eigenvalue weighted by Gasteiger charge is -2.40. The molecule has 1 aromatic heterocycles. The van der Waals surface area contributed by atoms with Crippen molar-refractivity contribution in [1.29, 1.82) is 5.26 Å². The molecule has 136 valence electrons. The van der Waals surface area contributed by atoms with Crippen LogP contribution >= 0.6 is 0 Å². The molecule has 0 bridgehead atoms. The van der Waals surface area contributed by atoms with Crippen molar-refractivity contribution in [3.63, 3.8) is 0 Å². The van der Waals surface area contributed by atoms with E-state index in [4.69, 9.17) is 4.74 Å². The first kappa shape index (κ1) is 17.9. The van der Waals surface area contributed by atoms with Gasteiger partial charge in [-0.2, -0.15) is 10.4 Å². The molecule has 1 aromatic rings. The zero-order valence-electron chi connectivity index (χ0n) is 14.9. The molecule has 1 aliphatic carbocycles. The molecule has 1 aliphatic heterocycles. The molecule has 7 nitrogen and oxygen atoms in total. The van der Waals surface area contributed by atoms with Gasteiger partial charge in [-0.05, 0) is 18.9 Å². The highest BCUT2D eigenvalue weighted by atomic mass is 16.5. The number of likely N-dealkylation sites (N-methyl/N-ethyl adjacent to an activating group) is 1. The second-order valence-electron chi connectivity index (χ2n) is 7.11. The van der Waals surface area contributed by atoms with Crippen molar-refractivity contribution in [2.24, 2.45) is 0 Å². The third kappa shape index (κ3) is 4.20. The standard InChI is InChI=1S/C18H27N5O2/c1-21(18(15-19)6-3-2-4-7-18)17(24)14-22-10-11-25-16(12-22)13-23-9-5-8-20-23/h5,8-9,16H,2-4,6-7,10-14H2,1H3/t16-/m1/s1. The topological polar surface area (TPSA) is 74.4 Å². The van der Waals surface area contributed by atoms with Crippen LogP contribution in [0.4, 0.5) is 0 Å². The number of hydrogen-bond donors (Lipinski definition) is 0. The molecule has 3 rings (SSSR count). The maximum atomic E-state index is 12.8. The van der Waals surface area contributed by atoms with E-state index in [2.05, 4.69) is 16.1 Å². The molecule has 0 spiro atoms. The largest absolute Gasteiger partial charge is 0.374 e. The summed E-state index contributed by atoms with van der Waals surface area (Å²) in [5, 5.41) is 13.9. The van der Waals surface area contributed by atoms with Crippen LogP contribution in [0.1, 0.15) is 32.1 Å². The highest BCUT2D eigenvalue weighted by molar-refractivity contribution is 5.79. The van der Waals surface area contributed by atoms with Crippen molar-refractivity contribution in [3.8, 4) is 6.07 Å². The van der Waals surface area contributed by atoms with Crippen LogP contribution < -0.4 is 0 Å². The van der Waals surface area contributed by atoms with Crippen molar-refractivity contribution in [3.05, 3.63) is 18.5 Å². The number of carbonyl (C=O) groups excluding carboxylic acids is 1. The number of nitrogens with zero attached hydrogens (tertiary/aromatic N) is 5. The Hall–Kier alpha value is -1.91. The summed E-state index contributed by atoms with van der Waals surface area (Å²) in [6, 6.07) is 4.32. The lowest BCUT2D eigenvalue weighted by atomic mass is 9.81. The second kappa shape index (κ2) is 7.98. The van der Waals surface area contributed by atoms with E-state index >= 15 is 0 Å². The maximum Gasteiger partial charge on any atom is 0.237 e. The molecule has 1 amide bonds. The van der Waals surface area contributed by atoms with E-state index < -0.39 is 5.54 Å². The highest BCUT2D eigenvalue weighted by Crippen LogP contribution is 2.32. The van der Waals surface area contributed by atoms with Gasteiger partial charge < -0.3 is 9.64 Å². The van der Waals surface area contributed by atoms with Crippen LogP contribution in [0.25, 0.3) is 0 Å². The summed E-state index contributed by atoms with van der Waals surface area (Å²) in [5.74, 6) is 0.0307. The Labute approximate surface area is 149 Å². The minimum atomic E-state index is -0.615. The zero-order valence-corrected chi connectivity index (χ0v) is 14.9.